The van der Waals surface area contributed by atoms with E-state index in [2.05, 4.69) is 50.0 Å². The third kappa shape index (κ3) is 5.69. The Hall–Kier alpha value is -1.08. The maximum atomic E-state index is 3.74. The molecule has 0 fully saturated rings. The van der Waals surface area contributed by atoms with E-state index >= 15 is 0 Å². The van der Waals surface area contributed by atoms with Crippen LogP contribution in [0, 0.1) is 6.92 Å². The molecule has 0 bridgehead atoms. The minimum atomic E-state index is 0.454. The summed E-state index contributed by atoms with van der Waals surface area (Å²) in [5.74, 6) is 0. The summed E-state index contributed by atoms with van der Waals surface area (Å²) < 4.78 is 0. The SMILES string of the molecule is C=CCCCCCN[C@H](C)c1ccc(C)cc1. The van der Waals surface area contributed by atoms with Gasteiger partial charge in [-0.1, -0.05) is 42.3 Å². The van der Waals surface area contributed by atoms with Crippen molar-refractivity contribution in [3.8, 4) is 0 Å². The zero-order valence-electron chi connectivity index (χ0n) is 11.2. The molecule has 0 unspecified atom stereocenters. The Morgan fingerprint density at radius 1 is 1.18 bits per heavy atom. The van der Waals surface area contributed by atoms with Crippen LogP contribution < -0.4 is 5.32 Å². The average molecular weight is 231 g/mol. The molecule has 0 aliphatic rings. The van der Waals surface area contributed by atoms with Crippen molar-refractivity contribution in [2.45, 2.75) is 45.6 Å². The number of hydrogen-bond acceptors (Lipinski definition) is 1. The maximum Gasteiger partial charge on any atom is 0.0291 e. The van der Waals surface area contributed by atoms with Crippen LogP contribution in [0.5, 0.6) is 0 Å². The number of nitrogens with one attached hydrogen (secondary N) is 1. The molecule has 1 aromatic carbocycles. The van der Waals surface area contributed by atoms with E-state index in [0.717, 1.165) is 13.0 Å². The summed E-state index contributed by atoms with van der Waals surface area (Å²) in [5.41, 5.74) is 2.70. The van der Waals surface area contributed by atoms with Crippen molar-refractivity contribution in [2.24, 2.45) is 0 Å². The van der Waals surface area contributed by atoms with Crippen LogP contribution in [0.3, 0.4) is 0 Å². The zero-order chi connectivity index (χ0) is 12.5. The molecule has 0 aliphatic heterocycles. The maximum absolute atomic E-state index is 3.74. The van der Waals surface area contributed by atoms with E-state index in [1.54, 1.807) is 0 Å². The Kier molecular flexibility index (Phi) is 6.64. The number of unbranched alkanes of at least 4 members (excludes halogenated alkanes) is 3. The van der Waals surface area contributed by atoms with Crippen LogP contribution in [0.15, 0.2) is 36.9 Å². The van der Waals surface area contributed by atoms with Crippen molar-refractivity contribution >= 4 is 0 Å². The lowest BCUT2D eigenvalue weighted by molar-refractivity contribution is 0.539. The van der Waals surface area contributed by atoms with E-state index < -0.39 is 0 Å². The van der Waals surface area contributed by atoms with Gasteiger partial charge in [0.1, 0.15) is 0 Å². The predicted molar refractivity (Wildman–Crippen MR) is 76.3 cm³/mol. The second-order valence-corrected chi connectivity index (χ2v) is 4.72. The lowest BCUT2D eigenvalue weighted by Gasteiger charge is -2.14. The van der Waals surface area contributed by atoms with Gasteiger partial charge in [-0.05, 0) is 45.2 Å². The molecule has 1 aromatic rings. The Morgan fingerprint density at radius 2 is 1.88 bits per heavy atom. The fourth-order valence-corrected chi connectivity index (χ4v) is 1.88. The van der Waals surface area contributed by atoms with Crippen molar-refractivity contribution in [1.29, 1.82) is 0 Å². The molecule has 0 amide bonds. The van der Waals surface area contributed by atoms with Crippen molar-refractivity contribution < 1.29 is 0 Å². The first kappa shape index (κ1) is 14.0. The monoisotopic (exact) mass is 231 g/mol. The van der Waals surface area contributed by atoms with E-state index in [1.807, 2.05) is 6.08 Å². The standard InChI is InChI=1S/C16H25N/c1-4-5-6-7-8-13-17-15(3)16-11-9-14(2)10-12-16/h4,9-12,15,17H,1,5-8,13H2,2-3H3/t15-/m1/s1. The molecular weight excluding hydrogens is 206 g/mol. The second-order valence-electron chi connectivity index (χ2n) is 4.72. The summed E-state index contributed by atoms with van der Waals surface area (Å²) >= 11 is 0. The normalized spacial score (nSPS) is 12.4. The predicted octanol–water partition coefficient (Wildman–Crippen LogP) is 4.39. The summed E-state index contributed by atoms with van der Waals surface area (Å²) in [7, 11) is 0. The third-order valence-corrected chi connectivity index (χ3v) is 3.11. The van der Waals surface area contributed by atoms with E-state index in [4.69, 9.17) is 0 Å². The summed E-state index contributed by atoms with van der Waals surface area (Å²) in [5, 5.41) is 3.57. The molecule has 0 heterocycles. The van der Waals surface area contributed by atoms with Gasteiger partial charge < -0.3 is 5.32 Å². The molecular formula is C16H25N. The van der Waals surface area contributed by atoms with Gasteiger partial charge >= 0.3 is 0 Å². The molecule has 17 heavy (non-hydrogen) atoms. The number of hydrogen-bond donors (Lipinski definition) is 1. The molecule has 0 aliphatic carbocycles. The molecule has 1 nitrogen and oxygen atoms in total. The minimum absolute atomic E-state index is 0.454. The lowest BCUT2D eigenvalue weighted by atomic mass is 10.1. The van der Waals surface area contributed by atoms with Crippen LogP contribution in [0.1, 0.15) is 49.8 Å². The topological polar surface area (TPSA) is 12.0 Å². The van der Waals surface area contributed by atoms with Crippen molar-refractivity contribution in [3.05, 3.63) is 48.0 Å². The van der Waals surface area contributed by atoms with Crippen molar-refractivity contribution in [2.75, 3.05) is 6.54 Å². The van der Waals surface area contributed by atoms with Crippen molar-refractivity contribution in [1.82, 2.24) is 5.32 Å². The van der Waals surface area contributed by atoms with Gasteiger partial charge in [0.2, 0.25) is 0 Å². The fourth-order valence-electron chi connectivity index (χ4n) is 1.88. The Bertz CT molecular complexity index is 313. The van der Waals surface area contributed by atoms with E-state index in [0.29, 0.717) is 6.04 Å². The summed E-state index contributed by atoms with van der Waals surface area (Å²) in [6.45, 7) is 9.20. The number of aryl methyl sites for hydroxylation is 1. The first-order valence-corrected chi connectivity index (χ1v) is 6.65. The third-order valence-electron chi connectivity index (χ3n) is 3.11. The average Bonchev–Trinajstić information content (AvgIpc) is 2.34. The summed E-state index contributed by atoms with van der Waals surface area (Å²) in [6, 6.07) is 9.24. The molecule has 1 heteroatoms. The molecule has 1 N–H and O–H groups in total. The molecule has 0 saturated carbocycles. The quantitative estimate of drug-likeness (QED) is 0.517. The van der Waals surface area contributed by atoms with Crippen LogP contribution in [-0.2, 0) is 0 Å². The number of allylic oxidation sites excluding steroid dienone is 1. The van der Waals surface area contributed by atoms with Crippen LogP contribution >= 0.6 is 0 Å². The molecule has 0 saturated heterocycles. The van der Waals surface area contributed by atoms with Crippen LogP contribution in [-0.4, -0.2) is 6.54 Å². The molecule has 1 atom stereocenters. The van der Waals surface area contributed by atoms with Gasteiger partial charge in [-0.25, -0.2) is 0 Å². The zero-order valence-corrected chi connectivity index (χ0v) is 11.2. The van der Waals surface area contributed by atoms with E-state index in [-0.39, 0.29) is 0 Å². The highest BCUT2D eigenvalue weighted by molar-refractivity contribution is 5.23. The molecule has 1 rings (SSSR count). The molecule has 0 aromatic heterocycles. The first-order valence-electron chi connectivity index (χ1n) is 6.65. The van der Waals surface area contributed by atoms with Gasteiger partial charge in [-0.15, -0.1) is 6.58 Å². The largest absolute Gasteiger partial charge is 0.310 e. The van der Waals surface area contributed by atoms with Crippen molar-refractivity contribution in [3.63, 3.8) is 0 Å². The fraction of sp³-hybridized carbons (Fsp3) is 0.500. The van der Waals surface area contributed by atoms with Gasteiger partial charge in [0.05, 0.1) is 0 Å². The molecule has 94 valence electrons. The lowest BCUT2D eigenvalue weighted by Crippen LogP contribution is -2.19. The smallest absolute Gasteiger partial charge is 0.0291 e. The van der Waals surface area contributed by atoms with Gasteiger partial charge in [-0.2, -0.15) is 0 Å². The van der Waals surface area contributed by atoms with E-state index in [1.165, 1.54) is 30.4 Å². The summed E-state index contributed by atoms with van der Waals surface area (Å²) in [6.07, 6.45) is 6.96. The minimum Gasteiger partial charge on any atom is -0.310 e. The first-order chi connectivity index (χ1) is 8.24. The summed E-state index contributed by atoms with van der Waals surface area (Å²) in [4.78, 5) is 0. The van der Waals surface area contributed by atoms with Gasteiger partial charge in [0.15, 0.2) is 0 Å². The molecule has 0 spiro atoms. The van der Waals surface area contributed by atoms with Crippen LogP contribution in [0.4, 0.5) is 0 Å². The highest BCUT2D eigenvalue weighted by atomic mass is 14.9. The van der Waals surface area contributed by atoms with Gasteiger partial charge in [-0.3, -0.25) is 0 Å². The number of rotatable bonds is 8. The Balaban J connectivity index is 2.18. The Morgan fingerprint density at radius 3 is 2.53 bits per heavy atom. The van der Waals surface area contributed by atoms with Crippen LogP contribution in [0.2, 0.25) is 0 Å². The second kappa shape index (κ2) is 8.08. The van der Waals surface area contributed by atoms with Gasteiger partial charge in [0, 0.05) is 6.04 Å². The van der Waals surface area contributed by atoms with Gasteiger partial charge in [0.25, 0.3) is 0 Å². The number of benzene rings is 1. The molecule has 0 radical (unpaired) electrons. The highest BCUT2D eigenvalue weighted by Crippen LogP contribution is 2.13. The van der Waals surface area contributed by atoms with Crippen LogP contribution in [0.25, 0.3) is 0 Å². The van der Waals surface area contributed by atoms with E-state index in [9.17, 15) is 0 Å². The highest BCUT2D eigenvalue weighted by Gasteiger charge is 2.02. The Labute approximate surface area is 106 Å².